The molecule has 0 aliphatic carbocycles. The predicted molar refractivity (Wildman–Crippen MR) is 67.7 cm³/mol. The van der Waals surface area contributed by atoms with Gasteiger partial charge in [-0.25, -0.2) is 0 Å². The van der Waals surface area contributed by atoms with Crippen molar-refractivity contribution in [3.63, 3.8) is 0 Å². The molecule has 5 nitrogen and oxygen atoms in total. The van der Waals surface area contributed by atoms with Crippen LogP contribution in [0.2, 0.25) is 0 Å². The molecule has 1 amide bonds. The highest BCUT2D eigenvalue weighted by Gasteiger charge is 2.32. The molecular formula is C13H11F3N2O3. The van der Waals surface area contributed by atoms with Gasteiger partial charge in [0.1, 0.15) is 5.76 Å². The van der Waals surface area contributed by atoms with E-state index in [2.05, 4.69) is 10.1 Å². The molecule has 0 radical (unpaired) electrons. The van der Waals surface area contributed by atoms with E-state index in [9.17, 15) is 18.0 Å². The predicted octanol–water partition coefficient (Wildman–Crippen LogP) is 2.89. The zero-order chi connectivity index (χ0) is 15.5. The van der Waals surface area contributed by atoms with Crippen LogP contribution in [0.1, 0.15) is 16.3 Å². The molecule has 2 aromatic rings. The first-order valence-electron chi connectivity index (χ1n) is 5.84. The highest BCUT2D eigenvalue weighted by molar-refractivity contribution is 6.03. The summed E-state index contributed by atoms with van der Waals surface area (Å²) in [6, 6.07) is 8.09. The van der Waals surface area contributed by atoms with E-state index in [0.29, 0.717) is 5.76 Å². The molecule has 0 bridgehead atoms. The van der Waals surface area contributed by atoms with Crippen LogP contribution in [0.25, 0.3) is 0 Å². The minimum Gasteiger partial charge on any atom is -0.455 e. The van der Waals surface area contributed by atoms with E-state index in [1.165, 1.54) is 30.3 Å². The third-order valence-electron chi connectivity index (χ3n) is 2.45. The number of alkyl halides is 3. The summed E-state index contributed by atoms with van der Waals surface area (Å²) in [6.45, 7) is 0.112. The third kappa shape index (κ3) is 3.99. The van der Waals surface area contributed by atoms with Crippen molar-refractivity contribution < 1.29 is 27.1 Å². The van der Waals surface area contributed by atoms with Gasteiger partial charge < -0.3 is 20.2 Å². The minimum absolute atomic E-state index is 0.0581. The van der Waals surface area contributed by atoms with Crippen LogP contribution in [0, 0.1) is 0 Å². The number of carbonyl (C=O) groups excluding carboxylic acids is 1. The Kier molecular flexibility index (Phi) is 4.18. The molecule has 8 heteroatoms. The molecule has 1 aromatic carbocycles. The van der Waals surface area contributed by atoms with Gasteiger partial charge in [-0.3, -0.25) is 4.79 Å². The van der Waals surface area contributed by atoms with Crippen LogP contribution < -0.4 is 15.8 Å². The van der Waals surface area contributed by atoms with E-state index in [4.69, 9.17) is 10.2 Å². The second-order valence-electron chi connectivity index (χ2n) is 3.97. The molecular weight excluding hydrogens is 289 g/mol. The summed E-state index contributed by atoms with van der Waals surface area (Å²) in [4.78, 5) is 11.9. The van der Waals surface area contributed by atoms with Crippen molar-refractivity contribution >= 4 is 11.6 Å². The summed E-state index contributed by atoms with van der Waals surface area (Å²) in [5.41, 5.74) is 5.22. The van der Waals surface area contributed by atoms with E-state index < -0.39 is 18.0 Å². The van der Waals surface area contributed by atoms with Crippen molar-refractivity contribution in [3.8, 4) is 5.75 Å². The Bertz CT molecular complexity index is 638. The molecule has 0 saturated heterocycles. The number of rotatable bonds is 4. The number of halogens is 3. The summed E-state index contributed by atoms with van der Waals surface area (Å²) < 4.78 is 45.7. The molecule has 3 N–H and O–H groups in total. The van der Waals surface area contributed by atoms with Gasteiger partial charge in [-0.1, -0.05) is 12.1 Å². The molecule has 0 saturated carbocycles. The van der Waals surface area contributed by atoms with Crippen LogP contribution in [-0.2, 0) is 6.54 Å². The number of carbonyl (C=O) groups is 1. The Morgan fingerprint density at radius 1 is 1.24 bits per heavy atom. The maximum Gasteiger partial charge on any atom is 0.573 e. The number of benzene rings is 1. The molecule has 1 heterocycles. The summed E-state index contributed by atoms with van der Waals surface area (Å²) in [5.74, 6) is -0.880. The fourth-order valence-electron chi connectivity index (χ4n) is 1.58. The van der Waals surface area contributed by atoms with Crippen LogP contribution in [0.4, 0.5) is 18.9 Å². The Balaban J connectivity index is 2.17. The molecule has 0 fully saturated rings. The number of nitrogens with one attached hydrogen (secondary N) is 1. The van der Waals surface area contributed by atoms with Crippen LogP contribution in [0.3, 0.4) is 0 Å². The largest absolute Gasteiger partial charge is 0.573 e. The fraction of sp³-hybridized carbons (Fsp3) is 0.154. The number of ether oxygens (including phenoxy) is 1. The molecule has 0 aliphatic rings. The molecule has 0 spiro atoms. The van der Waals surface area contributed by atoms with Gasteiger partial charge >= 0.3 is 6.36 Å². The average Bonchev–Trinajstić information content (AvgIpc) is 2.88. The van der Waals surface area contributed by atoms with Crippen molar-refractivity contribution in [3.05, 3.63) is 47.9 Å². The summed E-state index contributed by atoms with van der Waals surface area (Å²) in [5, 5.41) is 2.29. The van der Waals surface area contributed by atoms with Gasteiger partial charge in [0.05, 0.1) is 12.2 Å². The Morgan fingerprint density at radius 3 is 2.57 bits per heavy atom. The monoisotopic (exact) mass is 300 g/mol. The lowest BCUT2D eigenvalue weighted by Crippen LogP contribution is -2.19. The lowest BCUT2D eigenvalue weighted by molar-refractivity contribution is -0.274. The maximum absolute atomic E-state index is 12.3. The summed E-state index contributed by atoms with van der Waals surface area (Å²) in [7, 11) is 0. The van der Waals surface area contributed by atoms with E-state index >= 15 is 0 Å². The van der Waals surface area contributed by atoms with Gasteiger partial charge in [0, 0.05) is 0 Å². The Morgan fingerprint density at radius 2 is 1.95 bits per heavy atom. The molecule has 0 unspecified atom stereocenters. The normalized spacial score (nSPS) is 11.2. The first kappa shape index (κ1) is 14.9. The number of amides is 1. The van der Waals surface area contributed by atoms with Crippen LogP contribution in [0.5, 0.6) is 5.75 Å². The van der Waals surface area contributed by atoms with Crippen molar-refractivity contribution in [2.45, 2.75) is 12.9 Å². The average molecular weight is 300 g/mol. The van der Waals surface area contributed by atoms with Crippen LogP contribution >= 0.6 is 0 Å². The standard InChI is InChI=1S/C13H11F3N2O3/c14-13(15,16)21-10-4-2-1-3-9(10)18-12(19)11-6-5-8(7-17)20-11/h1-6H,7,17H2,(H,18,19). The molecule has 21 heavy (non-hydrogen) atoms. The van der Waals surface area contributed by atoms with Crippen LogP contribution in [-0.4, -0.2) is 12.3 Å². The first-order chi connectivity index (χ1) is 9.89. The van der Waals surface area contributed by atoms with E-state index in [-0.39, 0.29) is 18.0 Å². The topological polar surface area (TPSA) is 77.5 Å². The smallest absolute Gasteiger partial charge is 0.455 e. The molecule has 112 valence electrons. The number of hydrogen-bond donors (Lipinski definition) is 2. The van der Waals surface area contributed by atoms with Crippen molar-refractivity contribution in [1.29, 1.82) is 0 Å². The second kappa shape index (κ2) is 5.88. The minimum atomic E-state index is -4.85. The number of furan rings is 1. The first-order valence-corrected chi connectivity index (χ1v) is 5.84. The fourth-order valence-corrected chi connectivity index (χ4v) is 1.58. The number of nitrogens with two attached hydrogens (primary N) is 1. The molecule has 0 aliphatic heterocycles. The number of para-hydroxylation sites is 2. The van der Waals surface area contributed by atoms with Gasteiger partial charge in [0.15, 0.2) is 11.5 Å². The SMILES string of the molecule is NCc1ccc(C(=O)Nc2ccccc2OC(F)(F)F)o1. The van der Waals surface area contributed by atoms with Gasteiger partial charge in [-0.15, -0.1) is 13.2 Å². The van der Waals surface area contributed by atoms with E-state index in [1.54, 1.807) is 0 Å². The quantitative estimate of drug-likeness (QED) is 0.910. The maximum atomic E-state index is 12.3. The summed E-state index contributed by atoms with van der Waals surface area (Å²) >= 11 is 0. The number of anilines is 1. The van der Waals surface area contributed by atoms with Gasteiger partial charge in [0.2, 0.25) is 0 Å². The van der Waals surface area contributed by atoms with Gasteiger partial charge in [0.25, 0.3) is 5.91 Å². The van der Waals surface area contributed by atoms with E-state index in [0.717, 1.165) is 6.07 Å². The zero-order valence-corrected chi connectivity index (χ0v) is 10.6. The second-order valence-corrected chi connectivity index (χ2v) is 3.97. The molecule has 0 atom stereocenters. The summed E-state index contributed by atoms with van der Waals surface area (Å²) in [6.07, 6.45) is -4.85. The lowest BCUT2D eigenvalue weighted by Gasteiger charge is -2.13. The number of hydrogen-bond acceptors (Lipinski definition) is 4. The third-order valence-corrected chi connectivity index (χ3v) is 2.45. The van der Waals surface area contributed by atoms with Gasteiger partial charge in [-0.2, -0.15) is 0 Å². The van der Waals surface area contributed by atoms with E-state index in [1.807, 2.05) is 0 Å². The van der Waals surface area contributed by atoms with Crippen molar-refractivity contribution in [2.24, 2.45) is 5.73 Å². The van der Waals surface area contributed by atoms with Crippen LogP contribution in [0.15, 0.2) is 40.8 Å². The van der Waals surface area contributed by atoms with Gasteiger partial charge in [-0.05, 0) is 24.3 Å². The highest BCUT2D eigenvalue weighted by atomic mass is 19.4. The Hall–Kier alpha value is -2.48. The molecule has 2 rings (SSSR count). The lowest BCUT2D eigenvalue weighted by atomic mass is 10.3. The van der Waals surface area contributed by atoms with Crippen molar-refractivity contribution in [2.75, 3.05) is 5.32 Å². The van der Waals surface area contributed by atoms with Crippen molar-refractivity contribution in [1.82, 2.24) is 0 Å². The molecule has 1 aromatic heterocycles. The zero-order valence-electron chi connectivity index (χ0n) is 10.6. The Labute approximate surface area is 117 Å². The highest BCUT2D eigenvalue weighted by Crippen LogP contribution is 2.30.